The van der Waals surface area contributed by atoms with Crippen LogP contribution in [0.3, 0.4) is 0 Å². The Morgan fingerprint density at radius 3 is 0.419 bits per heavy atom. The molecule has 0 radical (unpaired) electrons. The Hall–Kier alpha value is -6.31. The quantitative estimate of drug-likeness (QED) is 0.110. The molecule has 9 rings (SSSR count). The molecule has 0 fully saturated rings. The lowest BCUT2D eigenvalue weighted by molar-refractivity contribution is 0.150. The van der Waals surface area contributed by atoms with Crippen molar-refractivity contribution in [3.05, 3.63) is 273 Å². The molecule has 9 aromatic rings. The van der Waals surface area contributed by atoms with Crippen molar-refractivity contribution < 1.29 is 17.1 Å². The molecule has 0 aliphatic rings. The lowest BCUT2D eigenvalue weighted by atomic mass is 10.3. The van der Waals surface area contributed by atoms with Gasteiger partial charge in [-0.3, -0.25) is 0 Å². The van der Waals surface area contributed by atoms with Crippen LogP contribution < -0.4 is 46.7 Å². The average molecular weight is 871 g/mol. The molecule has 0 aromatic heterocycles. The third kappa shape index (κ3) is 7.86. The minimum Gasteiger partial charge on any atom is -0.382 e. The monoisotopic (exact) mass is 870 g/mol. The van der Waals surface area contributed by atoms with Gasteiger partial charge in [-0.1, -0.05) is 273 Å². The van der Waals surface area contributed by atoms with Crippen LogP contribution in [0.5, 0.6) is 0 Å². The zero-order valence-electron chi connectivity index (χ0n) is 34.2. The van der Waals surface area contributed by atoms with Gasteiger partial charge in [0.05, 0.1) is 0 Å². The maximum absolute atomic E-state index is 14.7. The zero-order valence-corrected chi connectivity index (χ0v) is 38.2. The van der Waals surface area contributed by atoms with Gasteiger partial charge in [-0.15, -0.1) is 0 Å². The zero-order chi connectivity index (χ0) is 42.1. The molecule has 0 atom stereocenters. The van der Waals surface area contributed by atoms with Gasteiger partial charge in [-0.25, -0.2) is 0 Å². The van der Waals surface area contributed by atoms with E-state index in [9.17, 15) is 4.80 Å². The molecule has 1 N–H and O–H groups in total. The molecule has 0 amide bonds. The van der Waals surface area contributed by atoms with E-state index in [2.05, 4.69) is 109 Å². The molecule has 0 aliphatic carbocycles. The molecule has 0 unspecified atom stereocenters. The van der Waals surface area contributed by atoms with Crippen LogP contribution in [0.15, 0.2) is 273 Å². The second-order valence-corrected chi connectivity index (χ2v) is 27.9. The summed E-state index contributed by atoms with van der Waals surface area (Å²) in [6, 6.07) is 93.1. The summed E-state index contributed by atoms with van der Waals surface area (Å²) in [4.78, 5) is 14.7. The Morgan fingerprint density at radius 2 is 0.306 bits per heavy atom. The summed E-state index contributed by atoms with van der Waals surface area (Å²) >= 11 is 0. The van der Waals surface area contributed by atoms with Crippen molar-refractivity contribution in [2.24, 2.45) is 0 Å². The van der Waals surface area contributed by atoms with Crippen molar-refractivity contribution in [2.75, 3.05) is 0 Å². The smallest absolute Gasteiger partial charge is 0.382 e. The molecular formula is C54H46O4Si4. The van der Waals surface area contributed by atoms with Gasteiger partial charge in [0, 0.05) is 0 Å². The highest BCUT2D eigenvalue weighted by Crippen LogP contribution is 2.26. The summed E-state index contributed by atoms with van der Waals surface area (Å²) in [5, 5.41) is 8.57. The van der Waals surface area contributed by atoms with E-state index in [4.69, 9.17) is 12.3 Å². The molecule has 62 heavy (non-hydrogen) atoms. The van der Waals surface area contributed by atoms with E-state index in [1.807, 2.05) is 164 Å². The maximum atomic E-state index is 14.7. The van der Waals surface area contributed by atoms with Gasteiger partial charge in [0.25, 0.3) is 25.0 Å². The van der Waals surface area contributed by atoms with Crippen LogP contribution in [-0.4, -0.2) is 38.8 Å². The number of hydrogen-bond acceptors (Lipinski definition) is 4. The van der Waals surface area contributed by atoms with E-state index in [0.29, 0.717) is 0 Å². The Bertz CT molecular complexity index is 2160. The minimum atomic E-state index is -5.12. The Balaban J connectivity index is 1.42. The molecule has 0 saturated heterocycles. The van der Waals surface area contributed by atoms with Crippen LogP contribution >= 0.6 is 0 Å². The molecule has 8 heteroatoms. The highest BCUT2D eigenvalue weighted by Gasteiger charge is 2.63. The lowest BCUT2D eigenvalue weighted by Crippen LogP contribution is -2.82. The average Bonchev–Trinajstić information content (AvgIpc) is 3.37. The van der Waals surface area contributed by atoms with E-state index in [-0.39, 0.29) is 0 Å². The minimum absolute atomic E-state index is 0.952. The standard InChI is InChI=1S/C54H46O4Si4/c55-62(56-59(46-28-10-1-11-29-46,47-30-12-2-13-31-47)48-32-14-3-15-33-48,57-60(49-34-16-4-17-35-49,50-36-18-5-19-37-50)51-38-20-6-21-39-51)58-61(52-40-22-7-23-41-52,53-42-24-8-25-43-53)54-44-26-9-27-45-54/h1-45,55H. The fourth-order valence-corrected chi connectivity index (χ4v) is 28.2. The largest absolute Gasteiger partial charge is 0.647 e. The third-order valence-electron chi connectivity index (χ3n) is 11.5. The van der Waals surface area contributed by atoms with E-state index in [1.54, 1.807) is 0 Å². The summed E-state index contributed by atoms with van der Waals surface area (Å²) in [6.07, 6.45) is 0. The van der Waals surface area contributed by atoms with Crippen molar-refractivity contribution in [2.45, 2.75) is 0 Å². The van der Waals surface area contributed by atoms with Crippen LogP contribution in [-0.2, 0) is 12.3 Å². The topological polar surface area (TPSA) is 47.9 Å². The predicted molar refractivity (Wildman–Crippen MR) is 263 cm³/mol. The highest BCUT2D eigenvalue weighted by atomic mass is 28.5. The van der Waals surface area contributed by atoms with Crippen molar-refractivity contribution >= 4 is 80.7 Å². The molecule has 0 saturated carbocycles. The van der Waals surface area contributed by atoms with E-state index in [1.165, 1.54) is 0 Å². The van der Waals surface area contributed by atoms with Crippen LogP contribution in [0.4, 0.5) is 0 Å². The van der Waals surface area contributed by atoms with Crippen molar-refractivity contribution in [3.8, 4) is 0 Å². The molecular weight excluding hydrogens is 825 g/mol. The number of rotatable bonds is 15. The van der Waals surface area contributed by atoms with Gasteiger partial charge in [0.2, 0.25) is 0 Å². The summed E-state index contributed by atoms with van der Waals surface area (Å²) in [7, 11) is -16.4. The normalized spacial score (nSPS) is 12.1. The van der Waals surface area contributed by atoms with Gasteiger partial charge < -0.3 is 17.1 Å². The molecule has 0 heterocycles. The van der Waals surface area contributed by atoms with Crippen LogP contribution in [0.1, 0.15) is 0 Å². The molecule has 4 nitrogen and oxygen atoms in total. The molecule has 0 bridgehead atoms. The molecule has 302 valence electrons. The fourth-order valence-electron chi connectivity index (χ4n) is 8.73. The van der Waals surface area contributed by atoms with E-state index < -0.39 is 34.0 Å². The summed E-state index contributed by atoms with van der Waals surface area (Å²) in [5.74, 6) is 0. The van der Waals surface area contributed by atoms with Gasteiger partial charge in [0.15, 0.2) is 0 Å². The fraction of sp³-hybridized carbons (Fsp3) is 0. The Morgan fingerprint density at radius 1 is 0.194 bits per heavy atom. The first-order valence-electron chi connectivity index (χ1n) is 20.9. The van der Waals surface area contributed by atoms with Crippen molar-refractivity contribution in [1.29, 1.82) is 0 Å². The SMILES string of the molecule is O[Si](O[Si](c1ccccc1)(c1ccccc1)c1ccccc1)(O[Si](c1ccccc1)(c1ccccc1)c1ccccc1)O[Si](c1ccccc1)(c1ccccc1)c1ccccc1. The van der Waals surface area contributed by atoms with Crippen LogP contribution in [0.2, 0.25) is 0 Å². The van der Waals surface area contributed by atoms with Gasteiger partial charge in [0.1, 0.15) is 0 Å². The van der Waals surface area contributed by atoms with Crippen LogP contribution in [0, 0.1) is 0 Å². The summed E-state index contributed by atoms with van der Waals surface area (Å²) < 4.78 is 24.2. The first-order chi connectivity index (χ1) is 30.6. The highest BCUT2D eigenvalue weighted by molar-refractivity contribution is 7.15. The predicted octanol–water partition coefficient (Wildman–Crippen LogP) is 5.47. The summed E-state index contributed by atoms with van der Waals surface area (Å²) in [6.45, 7) is 0. The van der Waals surface area contributed by atoms with E-state index >= 15 is 0 Å². The Labute approximate surface area is 368 Å². The van der Waals surface area contributed by atoms with Gasteiger partial charge in [-0.05, 0) is 46.7 Å². The summed E-state index contributed by atoms with van der Waals surface area (Å²) in [5.41, 5.74) is 0. The third-order valence-corrected chi connectivity index (χ3v) is 28.6. The van der Waals surface area contributed by atoms with Gasteiger partial charge >= 0.3 is 9.05 Å². The second kappa shape index (κ2) is 18.3. The van der Waals surface area contributed by atoms with Crippen LogP contribution in [0.25, 0.3) is 0 Å². The second-order valence-electron chi connectivity index (χ2n) is 15.2. The van der Waals surface area contributed by atoms with Crippen molar-refractivity contribution in [1.82, 2.24) is 0 Å². The Kier molecular flexibility index (Phi) is 12.2. The number of hydrogen-bond donors (Lipinski definition) is 1. The molecule has 0 spiro atoms. The van der Waals surface area contributed by atoms with E-state index in [0.717, 1.165) is 46.7 Å². The van der Waals surface area contributed by atoms with Crippen molar-refractivity contribution in [3.63, 3.8) is 0 Å². The molecule has 0 aliphatic heterocycles. The molecule has 9 aromatic carbocycles. The lowest BCUT2D eigenvalue weighted by Gasteiger charge is -2.46. The first kappa shape index (κ1) is 41.1. The van der Waals surface area contributed by atoms with Gasteiger partial charge in [-0.2, -0.15) is 0 Å². The first-order valence-corrected chi connectivity index (χ1v) is 28.3. The maximum Gasteiger partial charge on any atom is 0.647 e. The number of benzene rings is 9.